The number of aromatic nitrogens is 3. The van der Waals surface area contributed by atoms with Gasteiger partial charge in [-0.15, -0.1) is 0 Å². The number of carbonyl (C=O) groups is 2. The molecule has 2 amide bonds. The van der Waals surface area contributed by atoms with Gasteiger partial charge in [0.2, 0.25) is 0 Å². The molecule has 2 atom stereocenters. The molecule has 2 aromatic rings. The van der Waals surface area contributed by atoms with Crippen LogP contribution in [0.4, 0.5) is 19.3 Å². The van der Waals surface area contributed by atoms with E-state index in [9.17, 15) is 9.59 Å². The maximum absolute atomic E-state index is 15.1. The van der Waals surface area contributed by atoms with Gasteiger partial charge in [0.1, 0.15) is 30.4 Å². The number of halogens is 2. The lowest BCUT2D eigenvalue weighted by atomic mass is 9.97. The van der Waals surface area contributed by atoms with Gasteiger partial charge >= 0.3 is 6.09 Å². The van der Waals surface area contributed by atoms with Crippen molar-refractivity contribution >= 4 is 23.3 Å². The molecule has 35 heavy (non-hydrogen) atoms. The zero-order chi connectivity index (χ0) is 24.7. The summed E-state index contributed by atoms with van der Waals surface area (Å²) in [7, 11) is 0. The molecular weight excluding hydrogens is 464 g/mol. The molecule has 4 heterocycles. The van der Waals surface area contributed by atoms with Gasteiger partial charge in [-0.05, 0) is 38.0 Å². The molecule has 5 rings (SSSR count). The van der Waals surface area contributed by atoms with Gasteiger partial charge in [-0.1, -0.05) is 6.08 Å². The summed E-state index contributed by atoms with van der Waals surface area (Å²) in [6, 6.07) is 2.25. The Labute approximate surface area is 200 Å². The van der Waals surface area contributed by atoms with Gasteiger partial charge in [0, 0.05) is 18.7 Å². The van der Waals surface area contributed by atoms with Crippen LogP contribution in [0.25, 0.3) is 5.57 Å². The maximum Gasteiger partial charge on any atom is 0.414 e. The maximum atomic E-state index is 15.1. The van der Waals surface area contributed by atoms with E-state index in [1.807, 2.05) is 0 Å². The molecule has 10 nitrogen and oxygen atoms in total. The Morgan fingerprint density at radius 2 is 2.03 bits per heavy atom. The number of hydrogen-bond donors (Lipinski definition) is 0. The fourth-order valence-corrected chi connectivity index (χ4v) is 4.49. The van der Waals surface area contributed by atoms with Gasteiger partial charge in [0.05, 0.1) is 25.4 Å². The first-order valence-corrected chi connectivity index (χ1v) is 11.3. The average molecular weight is 489 g/mol. The molecule has 0 radical (unpaired) electrons. The van der Waals surface area contributed by atoms with Gasteiger partial charge in [-0.2, -0.15) is 5.10 Å². The van der Waals surface area contributed by atoms with Crippen molar-refractivity contribution < 1.29 is 32.6 Å². The van der Waals surface area contributed by atoms with Gasteiger partial charge < -0.3 is 19.1 Å². The number of hydrogen-bond acceptors (Lipinski definition) is 7. The first-order valence-electron chi connectivity index (χ1n) is 11.3. The van der Waals surface area contributed by atoms with E-state index in [1.165, 1.54) is 22.2 Å². The van der Waals surface area contributed by atoms with Crippen LogP contribution in [0.2, 0.25) is 0 Å². The quantitative estimate of drug-likeness (QED) is 0.636. The van der Waals surface area contributed by atoms with E-state index in [0.717, 1.165) is 12.1 Å². The monoisotopic (exact) mass is 489 g/mol. The summed E-state index contributed by atoms with van der Waals surface area (Å²) in [5.74, 6) is -2.60. The third-order valence-corrected chi connectivity index (χ3v) is 6.20. The van der Waals surface area contributed by atoms with Crippen LogP contribution in [0.15, 0.2) is 30.9 Å². The molecule has 3 aliphatic heterocycles. The molecule has 186 valence electrons. The standard InChI is InChI=1S/C23H25F2N5O5/c1-23(2)33-11-19(35-23)21(31)28-5-3-14(4-6-28)20-17(24)7-15(8-18(20)25)30-10-16(34-22(30)32)9-29-13-26-12-27-29/h3,7-8,12-13,16,19H,4-6,9-11H2,1-2H3/t16-,19-/m0/s1. The molecule has 2 fully saturated rings. The molecule has 2 saturated heterocycles. The second kappa shape index (κ2) is 9.00. The molecular formula is C23H25F2N5O5. The lowest BCUT2D eigenvalue weighted by Crippen LogP contribution is -2.43. The molecule has 0 spiro atoms. The third kappa shape index (κ3) is 4.76. The molecule has 1 aromatic carbocycles. The van der Waals surface area contributed by atoms with Crippen molar-refractivity contribution in [3.05, 3.63) is 48.1 Å². The zero-order valence-electron chi connectivity index (χ0n) is 19.3. The topological polar surface area (TPSA) is 99.0 Å². The summed E-state index contributed by atoms with van der Waals surface area (Å²) >= 11 is 0. The fourth-order valence-electron chi connectivity index (χ4n) is 4.49. The molecule has 0 saturated carbocycles. The largest absolute Gasteiger partial charge is 0.442 e. The summed E-state index contributed by atoms with van der Waals surface area (Å²) in [5.41, 5.74) is 0.380. The summed E-state index contributed by atoms with van der Waals surface area (Å²) in [4.78, 5) is 31.6. The second-order valence-corrected chi connectivity index (χ2v) is 9.10. The lowest BCUT2D eigenvalue weighted by molar-refractivity contribution is -0.159. The number of benzene rings is 1. The lowest BCUT2D eigenvalue weighted by Gasteiger charge is -2.29. The van der Waals surface area contributed by atoms with Crippen molar-refractivity contribution in [2.45, 2.75) is 44.8 Å². The fraction of sp³-hybridized carbons (Fsp3) is 0.478. The average Bonchev–Trinajstić information content (AvgIpc) is 3.54. The van der Waals surface area contributed by atoms with Crippen LogP contribution in [-0.4, -0.2) is 75.9 Å². The number of nitrogens with zero attached hydrogens (tertiary/aromatic N) is 5. The number of carbonyl (C=O) groups excluding carboxylic acids is 2. The highest BCUT2D eigenvalue weighted by Gasteiger charge is 2.39. The van der Waals surface area contributed by atoms with E-state index < -0.39 is 35.7 Å². The minimum atomic E-state index is -0.816. The molecule has 0 bridgehead atoms. The van der Waals surface area contributed by atoms with Gasteiger partial charge in [0.15, 0.2) is 11.9 Å². The number of amides is 2. The predicted molar refractivity (Wildman–Crippen MR) is 118 cm³/mol. The Kier molecular flexibility index (Phi) is 6.01. The normalized spacial score (nSPS) is 24.0. The van der Waals surface area contributed by atoms with Crippen LogP contribution in [0.5, 0.6) is 0 Å². The van der Waals surface area contributed by atoms with Crippen LogP contribution >= 0.6 is 0 Å². The molecule has 0 unspecified atom stereocenters. The second-order valence-electron chi connectivity index (χ2n) is 9.10. The molecule has 0 aliphatic carbocycles. The smallest absolute Gasteiger partial charge is 0.414 e. The van der Waals surface area contributed by atoms with Crippen molar-refractivity contribution in [3.63, 3.8) is 0 Å². The predicted octanol–water partition coefficient (Wildman–Crippen LogP) is 2.35. The first-order chi connectivity index (χ1) is 16.7. The van der Waals surface area contributed by atoms with Crippen LogP contribution in [0.3, 0.4) is 0 Å². The van der Waals surface area contributed by atoms with Gasteiger partial charge in [-0.3, -0.25) is 9.69 Å². The van der Waals surface area contributed by atoms with Crippen molar-refractivity contribution in [1.29, 1.82) is 0 Å². The third-order valence-electron chi connectivity index (χ3n) is 6.20. The summed E-state index contributed by atoms with van der Waals surface area (Å²) in [6.07, 6.45) is 2.87. The van der Waals surface area contributed by atoms with Gasteiger partial charge in [-0.25, -0.2) is 23.2 Å². The highest BCUT2D eigenvalue weighted by molar-refractivity contribution is 5.90. The van der Waals surface area contributed by atoms with Crippen molar-refractivity contribution in [3.8, 4) is 0 Å². The van der Waals surface area contributed by atoms with Crippen molar-refractivity contribution in [2.24, 2.45) is 0 Å². The Morgan fingerprint density at radius 3 is 2.63 bits per heavy atom. The minimum Gasteiger partial charge on any atom is -0.442 e. The summed E-state index contributed by atoms with van der Waals surface area (Å²) < 4.78 is 48.0. The number of cyclic esters (lactones) is 1. The Balaban J connectivity index is 1.27. The van der Waals surface area contributed by atoms with E-state index in [0.29, 0.717) is 12.1 Å². The Hall–Kier alpha value is -3.38. The summed E-state index contributed by atoms with van der Waals surface area (Å²) in [5, 5.41) is 3.97. The molecule has 0 N–H and O–H groups in total. The van der Waals surface area contributed by atoms with Crippen LogP contribution in [-0.2, 0) is 25.5 Å². The highest BCUT2D eigenvalue weighted by Crippen LogP contribution is 2.33. The Bertz CT molecular complexity index is 1150. The molecule has 12 heteroatoms. The number of ether oxygens (including phenoxy) is 3. The number of rotatable bonds is 5. The minimum absolute atomic E-state index is 0.0732. The molecule has 3 aliphatic rings. The van der Waals surface area contributed by atoms with Crippen LogP contribution < -0.4 is 4.90 Å². The van der Waals surface area contributed by atoms with E-state index in [2.05, 4.69) is 10.1 Å². The van der Waals surface area contributed by atoms with Crippen molar-refractivity contribution in [2.75, 3.05) is 31.1 Å². The van der Waals surface area contributed by atoms with E-state index in [4.69, 9.17) is 14.2 Å². The van der Waals surface area contributed by atoms with Gasteiger partial charge in [0.25, 0.3) is 5.91 Å². The zero-order valence-corrected chi connectivity index (χ0v) is 19.3. The highest BCUT2D eigenvalue weighted by atomic mass is 19.1. The Morgan fingerprint density at radius 1 is 1.26 bits per heavy atom. The van der Waals surface area contributed by atoms with E-state index in [-0.39, 0.29) is 49.8 Å². The van der Waals surface area contributed by atoms with E-state index >= 15 is 8.78 Å². The van der Waals surface area contributed by atoms with E-state index in [1.54, 1.807) is 24.8 Å². The number of anilines is 1. The van der Waals surface area contributed by atoms with Crippen LogP contribution in [0, 0.1) is 11.6 Å². The SMILES string of the molecule is CC1(C)OC[C@@H](C(=O)N2CC=C(c3c(F)cc(N4C[C@H](Cn5cncn5)OC4=O)cc3F)CC2)O1. The van der Waals surface area contributed by atoms with Crippen molar-refractivity contribution in [1.82, 2.24) is 19.7 Å². The molecule has 1 aromatic heterocycles. The van der Waals surface area contributed by atoms with Crippen LogP contribution in [0.1, 0.15) is 25.8 Å². The summed E-state index contributed by atoms with van der Waals surface area (Å²) in [6.45, 7) is 4.56. The first kappa shape index (κ1) is 23.4.